The molecule has 1 amide bonds. The van der Waals surface area contributed by atoms with Crippen molar-refractivity contribution in [2.24, 2.45) is 0 Å². The monoisotopic (exact) mass is 278 g/mol. The first-order valence-corrected chi connectivity index (χ1v) is 7.04. The standard InChI is InChI=1S/C15H22N2O3/c16-13-4-2-12(3-5-13)10-15(18)17-7-1-8-20-14-6-9-19-11-14/h2-5,14H,1,6-11,16H2,(H,17,18). The zero-order valence-corrected chi connectivity index (χ0v) is 11.6. The number of nitrogens with two attached hydrogens (primary N) is 1. The van der Waals surface area contributed by atoms with Crippen molar-refractivity contribution in [1.82, 2.24) is 5.32 Å². The molecule has 3 N–H and O–H groups in total. The van der Waals surface area contributed by atoms with Gasteiger partial charge in [-0.3, -0.25) is 4.79 Å². The summed E-state index contributed by atoms with van der Waals surface area (Å²) in [6.07, 6.45) is 2.42. The summed E-state index contributed by atoms with van der Waals surface area (Å²) in [4.78, 5) is 11.7. The van der Waals surface area contributed by atoms with E-state index >= 15 is 0 Å². The van der Waals surface area contributed by atoms with E-state index in [2.05, 4.69) is 5.32 Å². The molecule has 1 heterocycles. The van der Waals surface area contributed by atoms with E-state index in [1.54, 1.807) is 12.1 Å². The molecule has 1 aliphatic heterocycles. The first kappa shape index (κ1) is 14.8. The molecule has 1 atom stereocenters. The Morgan fingerprint density at radius 3 is 2.90 bits per heavy atom. The van der Waals surface area contributed by atoms with Crippen LogP contribution in [-0.2, 0) is 20.7 Å². The van der Waals surface area contributed by atoms with Crippen molar-refractivity contribution in [2.75, 3.05) is 32.1 Å². The fraction of sp³-hybridized carbons (Fsp3) is 0.533. The highest BCUT2D eigenvalue weighted by atomic mass is 16.5. The molecule has 0 radical (unpaired) electrons. The summed E-state index contributed by atoms with van der Waals surface area (Å²) in [6, 6.07) is 7.36. The molecule has 2 rings (SSSR count). The SMILES string of the molecule is Nc1ccc(CC(=O)NCCCOC2CCOC2)cc1. The molecular weight excluding hydrogens is 256 g/mol. The van der Waals surface area contributed by atoms with E-state index < -0.39 is 0 Å². The van der Waals surface area contributed by atoms with E-state index in [9.17, 15) is 4.79 Å². The lowest BCUT2D eigenvalue weighted by atomic mass is 10.1. The Kier molecular flexibility index (Phi) is 5.83. The second kappa shape index (κ2) is 7.87. The van der Waals surface area contributed by atoms with Gasteiger partial charge in [0.15, 0.2) is 0 Å². The first-order chi connectivity index (χ1) is 9.74. The van der Waals surface area contributed by atoms with Crippen LogP contribution in [0.25, 0.3) is 0 Å². The zero-order valence-electron chi connectivity index (χ0n) is 11.6. The third-order valence-corrected chi connectivity index (χ3v) is 3.23. The largest absolute Gasteiger partial charge is 0.399 e. The van der Waals surface area contributed by atoms with Crippen LogP contribution in [0.3, 0.4) is 0 Å². The van der Waals surface area contributed by atoms with Gasteiger partial charge in [0.05, 0.1) is 19.1 Å². The number of carbonyl (C=O) groups excluding carboxylic acids is 1. The van der Waals surface area contributed by atoms with Gasteiger partial charge in [-0.2, -0.15) is 0 Å². The molecule has 0 spiro atoms. The average molecular weight is 278 g/mol. The molecule has 110 valence electrons. The van der Waals surface area contributed by atoms with Gasteiger partial charge in [-0.05, 0) is 30.5 Å². The molecule has 0 aliphatic carbocycles. The Labute approximate surface area is 119 Å². The number of hydrogen-bond acceptors (Lipinski definition) is 4. The number of anilines is 1. The van der Waals surface area contributed by atoms with Crippen molar-refractivity contribution in [3.05, 3.63) is 29.8 Å². The van der Waals surface area contributed by atoms with Gasteiger partial charge in [0, 0.05) is 25.4 Å². The Hall–Kier alpha value is -1.59. The molecule has 1 aromatic rings. The maximum Gasteiger partial charge on any atom is 0.224 e. The Morgan fingerprint density at radius 1 is 1.40 bits per heavy atom. The average Bonchev–Trinajstić information content (AvgIpc) is 2.94. The Morgan fingerprint density at radius 2 is 2.20 bits per heavy atom. The number of benzene rings is 1. The quantitative estimate of drug-likeness (QED) is 0.579. The van der Waals surface area contributed by atoms with Crippen molar-refractivity contribution >= 4 is 11.6 Å². The second-order valence-corrected chi connectivity index (χ2v) is 4.98. The van der Waals surface area contributed by atoms with Crippen molar-refractivity contribution in [2.45, 2.75) is 25.4 Å². The predicted octanol–water partition coefficient (Wildman–Crippen LogP) is 1.12. The molecule has 0 aromatic heterocycles. The maximum atomic E-state index is 11.7. The van der Waals surface area contributed by atoms with Gasteiger partial charge in [-0.25, -0.2) is 0 Å². The minimum absolute atomic E-state index is 0.0268. The second-order valence-electron chi connectivity index (χ2n) is 4.98. The van der Waals surface area contributed by atoms with E-state index in [1.165, 1.54) is 0 Å². The van der Waals surface area contributed by atoms with Gasteiger partial charge in [0.1, 0.15) is 0 Å². The van der Waals surface area contributed by atoms with Crippen LogP contribution in [0.5, 0.6) is 0 Å². The molecule has 20 heavy (non-hydrogen) atoms. The number of rotatable bonds is 7. The highest BCUT2D eigenvalue weighted by Crippen LogP contribution is 2.08. The summed E-state index contributed by atoms with van der Waals surface area (Å²) in [5.74, 6) is 0.0268. The molecule has 0 saturated carbocycles. The van der Waals surface area contributed by atoms with Crippen LogP contribution in [0.15, 0.2) is 24.3 Å². The number of amides is 1. The smallest absolute Gasteiger partial charge is 0.224 e. The fourth-order valence-corrected chi connectivity index (χ4v) is 2.08. The number of nitrogens with one attached hydrogen (secondary N) is 1. The van der Waals surface area contributed by atoms with Crippen LogP contribution in [-0.4, -0.2) is 38.4 Å². The highest BCUT2D eigenvalue weighted by molar-refractivity contribution is 5.78. The lowest BCUT2D eigenvalue weighted by Gasteiger charge is -2.10. The predicted molar refractivity (Wildman–Crippen MR) is 77.4 cm³/mol. The Bertz CT molecular complexity index is 414. The molecule has 0 bridgehead atoms. The first-order valence-electron chi connectivity index (χ1n) is 7.04. The van der Waals surface area contributed by atoms with Crippen molar-refractivity contribution in [3.8, 4) is 0 Å². The van der Waals surface area contributed by atoms with Crippen molar-refractivity contribution < 1.29 is 14.3 Å². The molecule has 1 fully saturated rings. The molecule has 1 aromatic carbocycles. The topological polar surface area (TPSA) is 73.6 Å². The minimum Gasteiger partial charge on any atom is -0.399 e. The lowest BCUT2D eigenvalue weighted by molar-refractivity contribution is -0.120. The van der Waals surface area contributed by atoms with Gasteiger partial charge >= 0.3 is 0 Å². The lowest BCUT2D eigenvalue weighted by Crippen LogP contribution is -2.27. The number of carbonyl (C=O) groups is 1. The maximum absolute atomic E-state index is 11.7. The van der Waals surface area contributed by atoms with E-state index in [0.717, 1.165) is 25.0 Å². The molecular formula is C15H22N2O3. The van der Waals surface area contributed by atoms with Crippen LogP contribution < -0.4 is 11.1 Å². The molecule has 1 aliphatic rings. The number of ether oxygens (including phenoxy) is 2. The summed E-state index contributed by atoms with van der Waals surface area (Å²) in [5, 5.41) is 2.89. The van der Waals surface area contributed by atoms with Crippen molar-refractivity contribution in [3.63, 3.8) is 0 Å². The van der Waals surface area contributed by atoms with Crippen LogP contribution in [0.2, 0.25) is 0 Å². The summed E-state index contributed by atoms with van der Waals surface area (Å²) < 4.78 is 10.8. The van der Waals surface area contributed by atoms with Crippen LogP contribution in [0, 0.1) is 0 Å². The van der Waals surface area contributed by atoms with Gasteiger partial charge in [-0.15, -0.1) is 0 Å². The zero-order chi connectivity index (χ0) is 14.2. The fourth-order valence-electron chi connectivity index (χ4n) is 2.08. The molecule has 1 saturated heterocycles. The molecule has 5 nitrogen and oxygen atoms in total. The number of hydrogen-bond donors (Lipinski definition) is 2. The minimum atomic E-state index is 0.0268. The Balaban J connectivity index is 1.54. The summed E-state index contributed by atoms with van der Waals surface area (Å²) in [6.45, 7) is 2.80. The normalized spacial score (nSPS) is 18.1. The molecule has 5 heteroatoms. The van der Waals surface area contributed by atoms with Gasteiger partial charge < -0.3 is 20.5 Å². The van der Waals surface area contributed by atoms with Crippen LogP contribution in [0.4, 0.5) is 5.69 Å². The highest BCUT2D eigenvalue weighted by Gasteiger charge is 2.15. The third-order valence-electron chi connectivity index (χ3n) is 3.23. The third kappa shape index (κ3) is 5.19. The number of nitrogen functional groups attached to an aromatic ring is 1. The van der Waals surface area contributed by atoms with Gasteiger partial charge in [0.2, 0.25) is 5.91 Å². The van der Waals surface area contributed by atoms with E-state index in [-0.39, 0.29) is 12.0 Å². The van der Waals surface area contributed by atoms with E-state index in [4.69, 9.17) is 15.2 Å². The van der Waals surface area contributed by atoms with Crippen LogP contribution in [0.1, 0.15) is 18.4 Å². The molecule has 1 unspecified atom stereocenters. The van der Waals surface area contributed by atoms with Gasteiger partial charge in [0.25, 0.3) is 0 Å². The van der Waals surface area contributed by atoms with Crippen LogP contribution >= 0.6 is 0 Å². The van der Waals surface area contributed by atoms with E-state index in [0.29, 0.717) is 31.9 Å². The van der Waals surface area contributed by atoms with Gasteiger partial charge in [-0.1, -0.05) is 12.1 Å². The summed E-state index contributed by atoms with van der Waals surface area (Å²) in [5.41, 5.74) is 7.28. The summed E-state index contributed by atoms with van der Waals surface area (Å²) >= 11 is 0. The summed E-state index contributed by atoms with van der Waals surface area (Å²) in [7, 11) is 0. The van der Waals surface area contributed by atoms with E-state index in [1.807, 2.05) is 12.1 Å². The van der Waals surface area contributed by atoms with Crippen molar-refractivity contribution in [1.29, 1.82) is 0 Å².